The quantitative estimate of drug-likeness (QED) is 0.327. The third kappa shape index (κ3) is 5.64. The molecular formula is C28H31N3O3. The van der Waals surface area contributed by atoms with Gasteiger partial charge in [0, 0.05) is 26.3 Å². The molecule has 0 aliphatic carbocycles. The molecule has 0 fully saturated rings. The van der Waals surface area contributed by atoms with E-state index in [4.69, 9.17) is 9.47 Å². The van der Waals surface area contributed by atoms with E-state index in [0.29, 0.717) is 17.5 Å². The predicted molar refractivity (Wildman–Crippen MR) is 137 cm³/mol. The fraction of sp³-hybridized carbons (Fsp3) is 0.286. The van der Waals surface area contributed by atoms with Gasteiger partial charge in [0.15, 0.2) is 0 Å². The fourth-order valence-electron chi connectivity index (χ4n) is 3.98. The van der Waals surface area contributed by atoms with E-state index in [1.54, 1.807) is 31.0 Å². The van der Waals surface area contributed by atoms with E-state index in [1.807, 2.05) is 48.5 Å². The average molecular weight is 458 g/mol. The summed E-state index contributed by atoms with van der Waals surface area (Å²) in [4.78, 5) is 19.3. The Morgan fingerprint density at radius 1 is 0.971 bits per heavy atom. The summed E-state index contributed by atoms with van der Waals surface area (Å²) in [7, 11) is 5.62. The Hall–Kier alpha value is -3.64. The van der Waals surface area contributed by atoms with E-state index in [1.165, 1.54) is 5.56 Å². The van der Waals surface area contributed by atoms with Gasteiger partial charge in [0.2, 0.25) is 0 Å². The molecule has 0 radical (unpaired) electrons. The topological polar surface area (TPSA) is 56.6 Å². The number of nitrogens with zero attached hydrogens (tertiary/aromatic N) is 3. The Morgan fingerprint density at radius 3 is 2.44 bits per heavy atom. The average Bonchev–Trinajstić information content (AvgIpc) is 2.88. The van der Waals surface area contributed by atoms with Gasteiger partial charge in [-0.05, 0) is 85.6 Å². The zero-order chi connectivity index (χ0) is 23.9. The first-order valence-corrected chi connectivity index (χ1v) is 11.5. The largest absolute Gasteiger partial charge is 0.497 e. The molecule has 0 N–H and O–H groups in total. The molecule has 176 valence electrons. The van der Waals surface area contributed by atoms with Crippen molar-refractivity contribution in [1.82, 2.24) is 14.5 Å². The Bertz CT molecular complexity index is 1280. The van der Waals surface area contributed by atoms with Crippen molar-refractivity contribution in [2.45, 2.75) is 12.8 Å². The summed E-state index contributed by atoms with van der Waals surface area (Å²) in [6, 6.07) is 21.7. The molecular weight excluding hydrogens is 426 g/mol. The van der Waals surface area contributed by atoms with Crippen LogP contribution >= 0.6 is 0 Å². The van der Waals surface area contributed by atoms with Crippen LogP contribution in [0.4, 0.5) is 0 Å². The molecule has 0 spiro atoms. The number of hydrogen-bond acceptors (Lipinski definition) is 5. The molecule has 0 saturated carbocycles. The van der Waals surface area contributed by atoms with Crippen molar-refractivity contribution < 1.29 is 9.47 Å². The molecule has 0 aliphatic rings. The Morgan fingerprint density at radius 2 is 1.71 bits per heavy atom. The molecule has 34 heavy (non-hydrogen) atoms. The molecule has 2 heterocycles. The third-order valence-corrected chi connectivity index (χ3v) is 6.05. The molecule has 0 amide bonds. The van der Waals surface area contributed by atoms with Gasteiger partial charge >= 0.3 is 0 Å². The Labute approximate surface area is 200 Å². The molecule has 0 bridgehead atoms. The van der Waals surface area contributed by atoms with Crippen LogP contribution in [-0.4, -0.2) is 48.3 Å². The molecule has 0 aliphatic heterocycles. The molecule has 0 atom stereocenters. The van der Waals surface area contributed by atoms with Gasteiger partial charge in [-0.1, -0.05) is 12.1 Å². The first-order chi connectivity index (χ1) is 16.5. The second-order valence-corrected chi connectivity index (χ2v) is 8.46. The summed E-state index contributed by atoms with van der Waals surface area (Å²) in [5.74, 6) is 1.72. The lowest BCUT2D eigenvalue weighted by Gasteiger charge is -2.17. The maximum absolute atomic E-state index is 12.7. The van der Waals surface area contributed by atoms with Crippen molar-refractivity contribution in [1.29, 1.82) is 0 Å². The van der Waals surface area contributed by atoms with Crippen molar-refractivity contribution >= 4 is 10.9 Å². The van der Waals surface area contributed by atoms with Crippen molar-refractivity contribution in [3.63, 3.8) is 0 Å². The van der Waals surface area contributed by atoms with Crippen molar-refractivity contribution in [3.8, 4) is 22.8 Å². The summed E-state index contributed by atoms with van der Waals surface area (Å²) < 4.78 is 12.8. The minimum Gasteiger partial charge on any atom is -0.497 e. The first kappa shape index (κ1) is 23.5. The molecule has 2 aromatic carbocycles. The van der Waals surface area contributed by atoms with Crippen LogP contribution in [0.15, 0.2) is 77.7 Å². The Balaban J connectivity index is 1.26. The predicted octanol–water partition coefficient (Wildman–Crippen LogP) is 4.55. The van der Waals surface area contributed by atoms with E-state index in [0.717, 1.165) is 48.7 Å². The highest BCUT2D eigenvalue weighted by Crippen LogP contribution is 2.23. The fourth-order valence-corrected chi connectivity index (χ4v) is 3.98. The van der Waals surface area contributed by atoms with Crippen LogP contribution in [0, 0.1) is 0 Å². The third-order valence-electron chi connectivity index (χ3n) is 6.05. The van der Waals surface area contributed by atoms with Gasteiger partial charge in [-0.2, -0.15) is 0 Å². The van der Waals surface area contributed by atoms with Gasteiger partial charge in [0.25, 0.3) is 5.56 Å². The van der Waals surface area contributed by atoms with Gasteiger partial charge in [0.05, 0.1) is 30.3 Å². The zero-order valence-corrected chi connectivity index (χ0v) is 20.0. The smallest absolute Gasteiger partial charge is 0.260 e. The lowest BCUT2D eigenvalue weighted by Crippen LogP contribution is -2.23. The number of benzene rings is 2. The lowest BCUT2D eigenvalue weighted by molar-refractivity contribution is 0.264. The summed E-state index contributed by atoms with van der Waals surface area (Å²) in [5.41, 5.74) is 3.76. The van der Waals surface area contributed by atoms with E-state index in [9.17, 15) is 4.79 Å². The second kappa shape index (κ2) is 11.0. The minimum absolute atomic E-state index is 0.0444. The van der Waals surface area contributed by atoms with Crippen LogP contribution in [0.2, 0.25) is 0 Å². The number of pyridine rings is 2. The van der Waals surface area contributed by atoms with Crippen LogP contribution in [0.5, 0.6) is 11.5 Å². The van der Waals surface area contributed by atoms with E-state index in [2.05, 4.69) is 29.1 Å². The molecule has 2 aromatic heterocycles. The number of likely N-dealkylation sites (N-methyl/N-ethyl adjacent to an activating group) is 1. The molecule has 0 unspecified atom stereocenters. The van der Waals surface area contributed by atoms with E-state index >= 15 is 0 Å². The van der Waals surface area contributed by atoms with Crippen molar-refractivity contribution in [3.05, 3.63) is 88.8 Å². The summed E-state index contributed by atoms with van der Waals surface area (Å²) >= 11 is 0. The molecule has 6 nitrogen and oxygen atoms in total. The highest BCUT2D eigenvalue weighted by Gasteiger charge is 2.09. The second-order valence-electron chi connectivity index (χ2n) is 8.46. The maximum Gasteiger partial charge on any atom is 0.260 e. The summed E-state index contributed by atoms with van der Waals surface area (Å²) in [5, 5.41) is 0.627. The zero-order valence-electron chi connectivity index (χ0n) is 20.0. The monoisotopic (exact) mass is 457 g/mol. The highest BCUT2D eigenvalue weighted by atomic mass is 16.5. The van der Waals surface area contributed by atoms with Crippen molar-refractivity contribution in [2.24, 2.45) is 7.05 Å². The normalized spacial score (nSPS) is 11.2. The van der Waals surface area contributed by atoms with Gasteiger partial charge < -0.3 is 18.9 Å². The maximum atomic E-state index is 12.7. The van der Waals surface area contributed by atoms with Crippen LogP contribution < -0.4 is 15.0 Å². The molecule has 4 aromatic rings. The van der Waals surface area contributed by atoms with E-state index < -0.39 is 0 Å². The molecule has 4 rings (SSSR count). The number of methoxy groups -OCH3 is 1. The van der Waals surface area contributed by atoms with E-state index in [-0.39, 0.29) is 5.56 Å². The number of fused-ring (bicyclic) bond motifs is 1. The van der Waals surface area contributed by atoms with Gasteiger partial charge in [0.1, 0.15) is 11.5 Å². The highest BCUT2D eigenvalue weighted by molar-refractivity contribution is 5.81. The van der Waals surface area contributed by atoms with Crippen LogP contribution in [0.3, 0.4) is 0 Å². The van der Waals surface area contributed by atoms with Gasteiger partial charge in [-0.3, -0.25) is 9.78 Å². The van der Waals surface area contributed by atoms with Crippen LogP contribution in [-0.2, 0) is 13.5 Å². The summed E-state index contributed by atoms with van der Waals surface area (Å²) in [6.07, 6.45) is 3.67. The van der Waals surface area contributed by atoms with Crippen LogP contribution in [0.25, 0.3) is 22.2 Å². The number of rotatable bonds is 10. The minimum atomic E-state index is -0.0444. The first-order valence-electron chi connectivity index (χ1n) is 11.5. The number of hydrogen-bond donors (Lipinski definition) is 0. The number of aromatic nitrogens is 2. The van der Waals surface area contributed by atoms with Crippen LogP contribution in [0.1, 0.15) is 12.0 Å². The van der Waals surface area contributed by atoms with Gasteiger partial charge in [-0.25, -0.2) is 0 Å². The SMILES string of the molecule is COc1ccc(CCN(C)CCCOc2ccc(-c3cc4ncccc4c(=O)n3C)cc2)cc1. The summed E-state index contributed by atoms with van der Waals surface area (Å²) in [6.45, 7) is 2.63. The molecule has 0 saturated heterocycles. The Kier molecular flexibility index (Phi) is 7.60. The van der Waals surface area contributed by atoms with Gasteiger partial charge in [-0.15, -0.1) is 0 Å². The molecule has 6 heteroatoms. The lowest BCUT2D eigenvalue weighted by atomic mass is 10.1. The number of ether oxygens (including phenoxy) is 2. The standard InChI is InChI=1S/C28H31N3O3/c1-30(18-15-21-7-11-23(33-3)12-8-21)17-5-19-34-24-13-9-22(10-14-24)27-20-26-25(6-4-16-29-26)28(32)31(27)2/h4,6-14,16,20H,5,15,17-19H2,1-3H3. The van der Waals surface area contributed by atoms with Crippen molar-refractivity contribution in [2.75, 3.05) is 33.9 Å².